The summed E-state index contributed by atoms with van der Waals surface area (Å²) in [5.41, 5.74) is 6.04. The molecule has 0 saturated carbocycles. The van der Waals surface area contributed by atoms with Gasteiger partial charge in [-0.2, -0.15) is 0 Å². The lowest BCUT2D eigenvalue weighted by Gasteiger charge is -2.05. The average molecular weight is 310 g/mol. The molecule has 0 spiro atoms. The molecule has 0 aliphatic rings. The number of hydrogen-bond donors (Lipinski definition) is 0. The molecule has 4 nitrogen and oxygen atoms in total. The summed E-state index contributed by atoms with van der Waals surface area (Å²) in [6.07, 6.45) is 10.8. The lowest BCUT2D eigenvalue weighted by Crippen LogP contribution is -1.89. The van der Waals surface area contributed by atoms with Crippen molar-refractivity contribution in [2.45, 2.75) is 0 Å². The maximum Gasteiger partial charge on any atom is 0.0886 e. The zero-order valence-electron chi connectivity index (χ0n) is 12.9. The Morgan fingerprint density at radius 3 is 1.17 bits per heavy atom. The van der Waals surface area contributed by atoms with Gasteiger partial charge in [-0.3, -0.25) is 19.9 Å². The molecule has 0 radical (unpaired) electrons. The van der Waals surface area contributed by atoms with E-state index in [2.05, 4.69) is 32.1 Å². The van der Waals surface area contributed by atoms with Gasteiger partial charge in [-0.1, -0.05) is 12.1 Å². The van der Waals surface area contributed by atoms with E-state index in [1.54, 1.807) is 24.8 Å². The van der Waals surface area contributed by atoms with Crippen LogP contribution < -0.4 is 0 Å². The summed E-state index contributed by atoms with van der Waals surface area (Å²) < 4.78 is 0. The fourth-order valence-corrected chi connectivity index (χ4v) is 2.52. The van der Waals surface area contributed by atoms with Gasteiger partial charge in [0.25, 0.3) is 0 Å². The first-order chi connectivity index (χ1) is 11.9. The Kier molecular flexibility index (Phi) is 3.78. The van der Waals surface area contributed by atoms with Gasteiger partial charge in [0.05, 0.1) is 11.4 Å². The molecule has 4 heterocycles. The molecular formula is C20H14N4. The Hall–Kier alpha value is -3.40. The summed E-state index contributed by atoms with van der Waals surface area (Å²) in [5.74, 6) is 0. The zero-order chi connectivity index (χ0) is 16.2. The van der Waals surface area contributed by atoms with Gasteiger partial charge < -0.3 is 0 Å². The highest BCUT2D eigenvalue weighted by Gasteiger charge is 2.04. The first kappa shape index (κ1) is 14.2. The van der Waals surface area contributed by atoms with Crippen LogP contribution in [0.25, 0.3) is 33.6 Å². The van der Waals surface area contributed by atoms with Gasteiger partial charge >= 0.3 is 0 Å². The minimum Gasteiger partial charge on any atom is -0.265 e. The number of rotatable bonds is 3. The summed E-state index contributed by atoms with van der Waals surface area (Å²) >= 11 is 0. The van der Waals surface area contributed by atoms with Gasteiger partial charge in [-0.25, -0.2) is 0 Å². The van der Waals surface area contributed by atoms with Crippen molar-refractivity contribution in [2.75, 3.05) is 0 Å². The summed E-state index contributed by atoms with van der Waals surface area (Å²) in [4.78, 5) is 17.1. The van der Waals surface area contributed by atoms with Gasteiger partial charge in [0.2, 0.25) is 0 Å². The molecule has 0 aliphatic heterocycles. The third-order valence-electron chi connectivity index (χ3n) is 3.82. The van der Waals surface area contributed by atoms with Crippen molar-refractivity contribution >= 4 is 0 Å². The maximum absolute atomic E-state index is 4.53. The van der Waals surface area contributed by atoms with Crippen LogP contribution >= 0.6 is 0 Å². The molecule has 0 unspecified atom stereocenters. The van der Waals surface area contributed by atoms with Crippen LogP contribution in [0, 0.1) is 0 Å². The normalized spacial score (nSPS) is 10.5. The van der Waals surface area contributed by atoms with Crippen LogP contribution in [0.15, 0.2) is 85.7 Å². The average Bonchev–Trinajstić information content (AvgIpc) is 2.70. The molecule has 0 atom stereocenters. The molecule has 4 aromatic heterocycles. The second-order valence-electron chi connectivity index (χ2n) is 5.34. The van der Waals surface area contributed by atoms with Gasteiger partial charge in [0, 0.05) is 48.3 Å². The second-order valence-corrected chi connectivity index (χ2v) is 5.34. The standard InChI is InChI=1S/C20H14N4/c1-3-19(23-13-17(1)15-5-9-21-10-6-15)20-4-2-18(14-24-20)16-7-11-22-12-8-16/h1-14H. The van der Waals surface area contributed by atoms with Crippen LogP contribution in [-0.4, -0.2) is 19.9 Å². The van der Waals surface area contributed by atoms with Crippen molar-refractivity contribution in [3.8, 4) is 33.6 Å². The highest BCUT2D eigenvalue weighted by atomic mass is 14.8. The summed E-state index contributed by atoms with van der Waals surface area (Å²) in [6, 6.07) is 16.0. The minimum atomic E-state index is 0.856. The fourth-order valence-electron chi connectivity index (χ4n) is 2.52. The quantitative estimate of drug-likeness (QED) is 0.567. The van der Waals surface area contributed by atoms with Crippen molar-refractivity contribution < 1.29 is 0 Å². The largest absolute Gasteiger partial charge is 0.265 e. The Morgan fingerprint density at radius 2 is 0.833 bits per heavy atom. The molecule has 114 valence electrons. The summed E-state index contributed by atoms with van der Waals surface area (Å²) in [5, 5.41) is 0. The molecule has 0 aromatic carbocycles. The van der Waals surface area contributed by atoms with Crippen LogP contribution in [0.3, 0.4) is 0 Å². The van der Waals surface area contributed by atoms with E-state index in [0.717, 1.165) is 33.6 Å². The Labute approximate surface area is 139 Å². The first-order valence-corrected chi connectivity index (χ1v) is 7.63. The second kappa shape index (κ2) is 6.38. The highest BCUT2D eigenvalue weighted by Crippen LogP contribution is 2.23. The molecule has 4 rings (SSSR count). The van der Waals surface area contributed by atoms with Crippen molar-refractivity contribution in [3.63, 3.8) is 0 Å². The number of pyridine rings is 4. The fraction of sp³-hybridized carbons (Fsp3) is 0. The van der Waals surface area contributed by atoms with E-state index >= 15 is 0 Å². The highest BCUT2D eigenvalue weighted by molar-refractivity contribution is 5.67. The van der Waals surface area contributed by atoms with E-state index in [1.165, 1.54) is 0 Å². The molecule has 0 amide bonds. The molecular weight excluding hydrogens is 296 g/mol. The van der Waals surface area contributed by atoms with Crippen molar-refractivity contribution in [2.24, 2.45) is 0 Å². The number of aromatic nitrogens is 4. The van der Waals surface area contributed by atoms with Crippen LogP contribution in [0.1, 0.15) is 0 Å². The third-order valence-corrected chi connectivity index (χ3v) is 3.82. The predicted molar refractivity (Wildman–Crippen MR) is 93.9 cm³/mol. The Balaban J connectivity index is 1.60. The molecule has 0 fully saturated rings. The van der Waals surface area contributed by atoms with Crippen LogP contribution in [0.2, 0.25) is 0 Å². The van der Waals surface area contributed by atoms with Crippen molar-refractivity contribution in [1.82, 2.24) is 19.9 Å². The Morgan fingerprint density at radius 1 is 0.417 bits per heavy atom. The van der Waals surface area contributed by atoms with Gasteiger partial charge in [0.15, 0.2) is 0 Å². The summed E-state index contributed by atoms with van der Waals surface area (Å²) in [6.45, 7) is 0. The van der Waals surface area contributed by atoms with Crippen molar-refractivity contribution in [3.05, 3.63) is 85.7 Å². The monoisotopic (exact) mass is 310 g/mol. The third kappa shape index (κ3) is 2.90. The van der Waals surface area contributed by atoms with E-state index < -0.39 is 0 Å². The van der Waals surface area contributed by atoms with E-state index in [1.807, 2.05) is 48.8 Å². The Bertz CT molecular complexity index is 838. The van der Waals surface area contributed by atoms with Crippen LogP contribution in [-0.2, 0) is 0 Å². The zero-order valence-corrected chi connectivity index (χ0v) is 12.9. The number of hydrogen-bond acceptors (Lipinski definition) is 4. The lowest BCUT2D eigenvalue weighted by molar-refractivity contribution is 1.24. The van der Waals surface area contributed by atoms with Crippen LogP contribution in [0.5, 0.6) is 0 Å². The van der Waals surface area contributed by atoms with E-state index in [0.29, 0.717) is 0 Å². The van der Waals surface area contributed by atoms with E-state index in [9.17, 15) is 0 Å². The van der Waals surface area contributed by atoms with Gasteiger partial charge in [-0.15, -0.1) is 0 Å². The van der Waals surface area contributed by atoms with E-state index in [-0.39, 0.29) is 0 Å². The molecule has 0 N–H and O–H groups in total. The molecule has 0 aliphatic carbocycles. The summed E-state index contributed by atoms with van der Waals surface area (Å²) in [7, 11) is 0. The maximum atomic E-state index is 4.53. The van der Waals surface area contributed by atoms with Gasteiger partial charge in [-0.05, 0) is 47.5 Å². The lowest BCUT2D eigenvalue weighted by atomic mass is 10.1. The molecule has 4 aromatic rings. The van der Waals surface area contributed by atoms with E-state index in [4.69, 9.17) is 0 Å². The first-order valence-electron chi connectivity index (χ1n) is 7.63. The van der Waals surface area contributed by atoms with Gasteiger partial charge in [0.1, 0.15) is 0 Å². The molecule has 4 heteroatoms. The van der Waals surface area contributed by atoms with Crippen LogP contribution in [0.4, 0.5) is 0 Å². The minimum absolute atomic E-state index is 0.856. The molecule has 0 saturated heterocycles. The molecule has 24 heavy (non-hydrogen) atoms. The topological polar surface area (TPSA) is 51.6 Å². The van der Waals surface area contributed by atoms with Crippen molar-refractivity contribution in [1.29, 1.82) is 0 Å². The molecule has 0 bridgehead atoms. The smallest absolute Gasteiger partial charge is 0.0886 e. The SMILES string of the molecule is c1cc(-c2ccc(-c3ccc(-c4ccncc4)cn3)nc2)ccn1. The number of nitrogens with zero attached hydrogens (tertiary/aromatic N) is 4. The predicted octanol–water partition coefficient (Wildman–Crippen LogP) is 4.27.